The summed E-state index contributed by atoms with van der Waals surface area (Å²) in [4.78, 5) is 11.6. The lowest BCUT2D eigenvalue weighted by molar-refractivity contribution is 0.104. The van der Waals surface area contributed by atoms with Crippen molar-refractivity contribution < 1.29 is 22.7 Å². The topological polar surface area (TPSA) is 102 Å². The third-order valence-electron chi connectivity index (χ3n) is 5.30. The molecule has 0 aliphatic carbocycles. The molecule has 1 aliphatic heterocycles. The molecule has 2 heterocycles. The molecule has 1 unspecified atom stereocenters. The monoisotopic (exact) mass is 529 g/mol. The van der Waals surface area contributed by atoms with Crippen LogP contribution in [0.25, 0.3) is 5.69 Å². The van der Waals surface area contributed by atoms with Gasteiger partial charge in [-0.3, -0.25) is 4.31 Å². The van der Waals surface area contributed by atoms with Crippen molar-refractivity contribution in [1.29, 1.82) is 5.26 Å². The first-order valence-electron chi connectivity index (χ1n) is 10.2. The second kappa shape index (κ2) is 8.92. The van der Waals surface area contributed by atoms with E-state index < -0.39 is 22.2 Å². The Hall–Kier alpha value is -3.29. The molecule has 0 amide bonds. The van der Waals surface area contributed by atoms with Crippen LogP contribution in [-0.4, -0.2) is 25.7 Å². The highest BCUT2D eigenvalue weighted by Gasteiger charge is 2.39. The standard InChI is InChI=1S/C23H20BrN3O5S/c1-3-19-20-12-6-16(14-25)26(20)21-11-5-15(24)13-22(21)27(19)33(29,30)18-9-7-17(8-10-18)32-23(28)31-4-2/h5-13,19H,3-4H2,1-2H3. The minimum absolute atomic E-state index is 0.0450. The first-order valence-corrected chi connectivity index (χ1v) is 12.5. The number of carbonyl (C=O) groups is 1. The van der Waals surface area contributed by atoms with Gasteiger partial charge in [-0.15, -0.1) is 0 Å². The Morgan fingerprint density at radius 3 is 2.45 bits per heavy atom. The molecule has 0 saturated heterocycles. The van der Waals surface area contributed by atoms with E-state index in [0.717, 1.165) is 5.69 Å². The zero-order valence-electron chi connectivity index (χ0n) is 17.9. The van der Waals surface area contributed by atoms with Crippen molar-refractivity contribution in [1.82, 2.24) is 4.57 Å². The SMILES string of the molecule is CCOC(=O)Oc1ccc(S(=O)(=O)N2c3cc(Br)ccc3-n3c(C#N)ccc3C2CC)cc1. The van der Waals surface area contributed by atoms with Crippen molar-refractivity contribution in [2.45, 2.75) is 31.2 Å². The summed E-state index contributed by atoms with van der Waals surface area (Å²) >= 11 is 3.44. The minimum Gasteiger partial charge on any atom is -0.434 e. The van der Waals surface area contributed by atoms with Crippen LogP contribution in [0.1, 0.15) is 37.7 Å². The highest BCUT2D eigenvalue weighted by molar-refractivity contribution is 9.10. The zero-order chi connectivity index (χ0) is 23.8. The fraction of sp³-hybridized carbons (Fsp3) is 0.217. The van der Waals surface area contributed by atoms with Gasteiger partial charge < -0.3 is 14.0 Å². The van der Waals surface area contributed by atoms with E-state index >= 15 is 0 Å². The van der Waals surface area contributed by atoms with Crippen LogP contribution in [0, 0.1) is 11.3 Å². The van der Waals surface area contributed by atoms with Crippen LogP contribution in [0.15, 0.2) is 64.0 Å². The summed E-state index contributed by atoms with van der Waals surface area (Å²) in [5, 5.41) is 9.59. The average Bonchev–Trinajstić information content (AvgIpc) is 3.22. The fourth-order valence-corrected chi connectivity index (χ4v) is 5.98. The van der Waals surface area contributed by atoms with Gasteiger partial charge in [-0.25, -0.2) is 13.2 Å². The van der Waals surface area contributed by atoms with Gasteiger partial charge in [0.1, 0.15) is 17.5 Å². The first kappa shape index (κ1) is 22.9. The third-order valence-corrected chi connectivity index (χ3v) is 7.63. The van der Waals surface area contributed by atoms with Crippen LogP contribution in [0.2, 0.25) is 0 Å². The Balaban J connectivity index is 1.81. The van der Waals surface area contributed by atoms with Crippen LogP contribution in [-0.2, 0) is 14.8 Å². The predicted molar refractivity (Wildman–Crippen MR) is 125 cm³/mol. The summed E-state index contributed by atoms with van der Waals surface area (Å²) in [7, 11) is -4.00. The normalized spacial score (nSPS) is 14.7. The maximum absolute atomic E-state index is 13.9. The summed E-state index contributed by atoms with van der Waals surface area (Å²) in [6, 6.07) is 16.1. The smallest absolute Gasteiger partial charge is 0.434 e. The summed E-state index contributed by atoms with van der Waals surface area (Å²) in [5.74, 6) is 0.175. The molecule has 1 atom stereocenters. The molecule has 0 radical (unpaired) electrons. The maximum Gasteiger partial charge on any atom is 0.513 e. The molecule has 1 aliphatic rings. The van der Waals surface area contributed by atoms with Gasteiger partial charge in [-0.05, 0) is 67.9 Å². The summed E-state index contributed by atoms with van der Waals surface area (Å²) < 4.78 is 41.4. The largest absolute Gasteiger partial charge is 0.513 e. The van der Waals surface area contributed by atoms with E-state index in [2.05, 4.69) is 22.0 Å². The molecule has 33 heavy (non-hydrogen) atoms. The van der Waals surface area contributed by atoms with Crippen molar-refractivity contribution in [3.05, 3.63) is 70.5 Å². The Morgan fingerprint density at radius 1 is 1.09 bits per heavy atom. The number of nitrogens with zero attached hydrogens (tertiary/aromatic N) is 3. The van der Waals surface area contributed by atoms with Crippen LogP contribution in [0.5, 0.6) is 5.75 Å². The van der Waals surface area contributed by atoms with Crippen LogP contribution in [0.4, 0.5) is 10.5 Å². The number of benzene rings is 2. The van der Waals surface area contributed by atoms with Crippen molar-refractivity contribution in [3.63, 3.8) is 0 Å². The van der Waals surface area contributed by atoms with Crippen molar-refractivity contribution in [3.8, 4) is 17.5 Å². The second-order valence-electron chi connectivity index (χ2n) is 7.21. The highest BCUT2D eigenvalue weighted by atomic mass is 79.9. The van der Waals surface area contributed by atoms with E-state index in [0.29, 0.717) is 28.0 Å². The molecule has 2 aromatic carbocycles. The molecule has 0 N–H and O–H groups in total. The van der Waals surface area contributed by atoms with E-state index in [1.165, 1.54) is 28.6 Å². The molecule has 170 valence electrons. The van der Waals surface area contributed by atoms with Gasteiger partial charge in [0.25, 0.3) is 10.0 Å². The lowest BCUT2D eigenvalue weighted by Gasteiger charge is -2.38. The first-order chi connectivity index (χ1) is 15.8. The number of hydrogen-bond acceptors (Lipinski definition) is 6. The molecule has 0 saturated carbocycles. The number of fused-ring (bicyclic) bond motifs is 3. The maximum atomic E-state index is 13.9. The zero-order valence-corrected chi connectivity index (χ0v) is 20.3. The highest BCUT2D eigenvalue weighted by Crippen LogP contribution is 2.45. The Bertz CT molecular complexity index is 1360. The van der Waals surface area contributed by atoms with Crippen molar-refractivity contribution in [2.75, 3.05) is 10.9 Å². The lowest BCUT2D eigenvalue weighted by Crippen LogP contribution is -2.39. The number of hydrogen-bond donors (Lipinski definition) is 0. The number of anilines is 1. The van der Waals surface area contributed by atoms with Crippen LogP contribution >= 0.6 is 15.9 Å². The van der Waals surface area contributed by atoms with Gasteiger partial charge in [0.15, 0.2) is 0 Å². The Morgan fingerprint density at radius 2 is 1.82 bits per heavy atom. The number of nitriles is 1. The predicted octanol–water partition coefficient (Wildman–Crippen LogP) is 5.31. The van der Waals surface area contributed by atoms with E-state index in [9.17, 15) is 18.5 Å². The van der Waals surface area contributed by atoms with E-state index in [1.54, 1.807) is 35.8 Å². The quantitative estimate of drug-likeness (QED) is 0.328. The van der Waals surface area contributed by atoms with Gasteiger partial charge in [-0.1, -0.05) is 22.9 Å². The molecular weight excluding hydrogens is 510 g/mol. The number of sulfonamides is 1. The van der Waals surface area contributed by atoms with Crippen molar-refractivity contribution >= 4 is 37.8 Å². The second-order valence-corrected chi connectivity index (χ2v) is 9.94. The Labute approximate surface area is 200 Å². The Kier molecular flexibility index (Phi) is 6.19. The molecular formula is C23H20BrN3O5S. The summed E-state index contributed by atoms with van der Waals surface area (Å²) in [6.45, 7) is 3.73. The molecule has 4 rings (SSSR count). The number of carbonyl (C=O) groups excluding carboxylic acids is 1. The van der Waals surface area contributed by atoms with Gasteiger partial charge in [0.05, 0.1) is 28.9 Å². The number of rotatable bonds is 5. The molecule has 1 aromatic heterocycles. The molecule has 8 nitrogen and oxygen atoms in total. The fourth-order valence-electron chi connectivity index (χ4n) is 3.93. The van der Waals surface area contributed by atoms with Crippen LogP contribution in [0.3, 0.4) is 0 Å². The molecule has 0 fully saturated rings. The summed E-state index contributed by atoms with van der Waals surface area (Å²) in [6.07, 6.45) is -0.368. The lowest BCUT2D eigenvalue weighted by atomic mass is 10.1. The molecule has 10 heteroatoms. The van der Waals surface area contributed by atoms with Gasteiger partial charge in [0, 0.05) is 10.2 Å². The van der Waals surface area contributed by atoms with Crippen LogP contribution < -0.4 is 9.04 Å². The molecule has 0 bridgehead atoms. The molecule has 0 spiro atoms. The number of halogens is 1. The van der Waals surface area contributed by atoms with Gasteiger partial charge >= 0.3 is 6.16 Å². The minimum atomic E-state index is -4.00. The van der Waals surface area contributed by atoms with E-state index in [1.807, 2.05) is 13.0 Å². The number of aromatic nitrogens is 1. The summed E-state index contributed by atoms with van der Waals surface area (Å²) in [5.41, 5.74) is 2.22. The average molecular weight is 530 g/mol. The molecule has 3 aromatic rings. The number of ether oxygens (including phenoxy) is 2. The third kappa shape index (κ3) is 3.98. The van der Waals surface area contributed by atoms with E-state index in [4.69, 9.17) is 9.47 Å². The van der Waals surface area contributed by atoms with Gasteiger partial charge in [0.2, 0.25) is 0 Å². The van der Waals surface area contributed by atoms with Gasteiger partial charge in [-0.2, -0.15) is 5.26 Å². The van der Waals surface area contributed by atoms with E-state index in [-0.39, 0.29) is 17.3 Å². The van der Waals surface area contributed by atoms with Crippen molar-refractivity contribution in [2.24, 2.45) is 0 Å².